The number of carbonyl (C=O) groups excluding carboxylic acids is 2. The van der Waals surface area contributed by atoms with Gasteiger partial charge in [0.15, 0.2) is 0 Å². The molecule has 2 aromatic rings. The van der Waals surface area contributed by atoms with Crippen molar-refractivity contribution in [3.63, 3.8) is 0 Å². The standard InChI is InChI=1S/C29H44N2O2Si2.2C2H4O2.Co/c1-9-20-14-24(34(3,4)5)16-22(28(20)32)18-30-26-12-11-13-27(26)31-19-23-17-25(35(6,7)8)15-21(10-2)29(23)33;2*1-2(3)4;/h14-19,26-27,32-33H,9-13H2,1-8H3;2*1H3,(H,3,4);/q;;;+2/p-2. The van der Waals surface area contributed by atoms with Crippen molar-refractivity contribution in [3.05, 3.63) is 46.5 Å². The maximum Gasteiger partial charge on any atom is 2.00 e. The van der Waals surface area contributed by atoms with E-state index in [4.69, 9.17) is 29.8 Å². The molecule has 0 spiro atoms. The van der Waals surface area contributed by atoms with Crippen LogP contribution in [0.15, 0.2) is 34.3 Å². The first-order chi connectivity index (χ1) is 19.8. The number of phenols is 2. The molecule has 245 valence electrons. The molecule has 8 nitrogen and oxygen atoms in total. The van der Waals surface area contributed by atoms with Crippen LogP contribution in [0.1, 0.15) is 69.2 Å². The summed E-state index contributed by atoms with van der Waals surface area (Å²) in [7, 11) is -3.02. The second-order valence-electron chi connectivity index (χ2n) is 13.0. The van der Waals surface area contributed by atoms with E-state index in [-0.39, 0.29) is 28.9 Å². The Balaban J connectivity index is 0.00000183. The van der Waals surface area contributed by atoms with Gasteiger partial charge in [-0.3, -0.25) is 9.98 Å². The number of carbonyl (C=O) groups is 2. The molecular weight excluding hydrogens is 635 g/mol. The van der Waals surface area contributed by atoms with Crippen LogP contribution in [0, 0.1) is 0 Å². The molecule has 1 aliphatic carbocycles. The molecule has 2 aromatic carbocycles. The van der Waals surface area contributed by atoms with Gasteiger partial charge in [-0.1, -0.05) is 87.8 Å². The number of phenolic OH excluding ortho intramolecular Hbond substituents is 2. The smallest absolute Gasteiger partial charge is 0.550 e. The van der Waals surface area contributed by atoms with Gasteiger partial charge in [0.2, 0.25) is 0 Å². The Kier molecular flexibility index (Phi) is 17.1. The average molecular weight is 686 g/mol. The summed E-state index contributed by atoms with van der Waals surface area (Å²) < 4.78 is 0. The van der Waals surface area contributed by atoms with Crippen LogP contribution in [0.2, 0.25) is 39.3 Å². The normalized spacial score (nSPS) is 16.5. The molecule has 1 fully saturated rings. The summed E-state index contributed by atoms with van der Waals surface area (Å²) >= 11 is 0. The number of aromatic hydroxyl groups is 2. The van der Waals surface area contributed by atoms with Crippen molar-refractivity contribution in [2.45, 2.75) is 111 Å². The van der Waals surface area contributed by atoms with E-state index in [1.165, 1.54) is 10.4 Å². The van der Waals surface area contributed by atoms with E-state index in [2.05, 4.69) is 77.4 Å². The number of rotatable bonds is 8. The Morgan fingerprint density at radius 2 is 1.05 bits per heavy atom. The summed E-state index contributed by atoms with van der Waals surface area (Å²) in [5.41, 5.74) is 3.64. The molecule has 2 atom stereocenters. The summed E-state index contributed by atoms with van der Waals surface area (Å²) in [6, 6.07) is 8.80. The molecular formula is C33H50CoN2O6Si2. The van der Waals surface area contributed by atoms with Gasteiger partial charge < -0.3 is 30.0 Å². The summed E-state index contributed by atoms with van der Waals surface area (Å²) in [5, 5.41) is 42.1. The van der Waals surface area contributed by atoms with Crippen molar-refractivity contribution < 1.29 is 46.8 Å². The Bertz CT molecular complexity index is 1210. The monoisotopic (exact) mass is 685 g/mol. The van der Waals surface area contributed by atoms with E-state index in [0.29, 0.717) is 11.5 Å². The van der Waals surface area contributed by atoms with Crippen LogP contribution in [0.5, 0.6) is 11.5 Å². The van der Waals surface area contributed by atoms with Crippen LogP contribution in [0.3, 0.4) is 0 Å². The quantitative estimate of drug-likeness (QED) is 0.322. The number of aryl methyl sites for hydroxylation is 2. The first-order valence-corrected chi connectivity index (χ1v) is 22.0. The third-order valence-corrected chi connectivity index (χ3v) is 11.2. The molecule has 2 unspecified atom stereocenters. The number of benzene rings is 2. The second-order valence-corrected chi connectivity index (χ2v) is 23.1. The van der Waals surface area contributed by atoms with Crippen molar-refractivity contribution in [3.8, 4) is 11.5 Å². The SMILES string of the molecule is CC(=O)[O-].CC(=O)[O-].CCc1cc([Si](C)(C)C)cc(C=NC2CCCC2N=Cc2cc([Si](C)(C)C)cc(CC)c2O)c1O.[Co+2]. The van der Waals surface area contributed by atoms with Gasteiger partial charge in [0.05, 0.1) is 28.2 Å². The maximum absolute atomic E-state index is 10.8. The largest absolute Gasteiger partial charge is 2.00 e. The van der Waals surface area contributed by atoms with Crippen LogP contribution in [0.25, 0.3) is 0 Å². The fraction of sp³-hybridized carbons (Fsp3) is 0.515. The minimum Gasteiger partial charge on any atom is -0.550 e. The molecule has 44 heavy (non-hydrogen) atoms. The van der Waals surface area contributed by atoms with Crippen LogP contribution in [-0.2, 0) is 39.2 Å². The Labute approximate surface area is 276 Å². The van der Waals surface area contributed by atoms with E-state index in [9.17, 15) is 10.2 Å². The number of nitrogens with zero attached hydrogens (tertiary/aromatic N) is 2. The van der Waals surface area contributed by atoms with Gasteiger partial charge in [0.1, 0.15) is 11.5 Å². The molecule has 2 N–H and O–H groups in total. The number of hydrogen-bond donors (Lipinski definition) is 2. The molecule has 0 saturated heterocycles. The molecule has 0 amide bonds. The fourth-order valence-corrected chi connectivity index (χ4v) is 7.05. The molecule has 0 heterocycles. The number of aliphatic carboxylic acids is 2. The average Bonchev–Trinajstić information content (AvgIpc) is 3.32. The predicted octanol–water partition coefficient (Wildman–Crippen LogP) is 3.28. The number of carboxylic acid groups (broad SMARTS) is 2. The molecule has 0 aromatic heterocycles. The van der Waals surface area contributed by atoms with Gasteiger partial charge in [0, 0.05) is 35.5 Å². The first kappa shape index (κ1) is 41.3. The topological polar surface area (TPSA) is 145 Å². The van der Waals surface area contributed by atoms with E-state index in [1.54, 1.807) is 0 Å². The van der Waals surface area contributed by atoms with Gasteiger partial charge >= 0.3 is 16.8 Å². The van der Waals surface area contributed by atoms with Crippen LogP contribution >= 0.6 is 0 Å². The molecule has 1 aliphatic rings. The van der Waals surface area contributed by atoms with E-state index in [0.717, 1.165) is 68.2 Å². The van der Waals surface area contributed by atoms with E-state index >= 15 is 0 Å². The van der Waals surface area contributed by atoms with Crippen molar-refractivity contribution in [2.24, 2.45) is 9.98 Å². The second kappa shape index (κ2) is 18.3. The van der Waals surface area contributed by atoms with E-state index in [1.807, 2.05) is 12.4 Å². The summed E-state index contributed by atoms with van der Waals surface area (Å²) in [5.74, 6) is -1.45. The van der Waals surface area contributed by atoms with Gasteiger partial charge in [-0.2, -0.15) is 0 Å². The zero-order valence-electron chi connectivity index (χ0n) is 27.9. The number of carboxylic acids is 2. The minimum absolute atomic E-state index is 0. The van der Waals surface area contributed by atoms with Crippen molar-refractivity contribution >= 4 is 50.9 Å². The molecule has 1 saturated carbocycles. The third-order valence-electron chi connectivity index (χ3n) is 7.18. The molecule has 3 rings (SSSR count). The fourth-order valence-electron chi connectivity index (χ4n) is 4.66. The van der Waals surface area contributed by atoms with Crippen molar-refractivity contribution in [2.75, 3.05) is 0 Å². The molecule has 11 heteroatoms. The Hall–Kier alpha value is -2.74. The van der Waals surface area contributed by atoms with Crippen molar-refractivity contribution in [1.29, 1.82) is 0 Å². The van der Waals surface area contributed by atoms with Gasteiger partial charge in [0.25, 0.3) is 0 Å². The van der Waals surface area contributed by atoms with E-state index < -0.39 is 28.1 Å². The molecule has 1 radical (unpaired) electrons. The third kappa shape index (κ3) is 13.5. The number of hydrogen-bond acceptors (Lipinski definition) is 8. The van der Waals surface area contributed by atoms with Crippen LogP contribution < -0.4 is 20.6 Å². The summed E-state index contributed by atoms with van der Waals surface area (Å²) in [6.07, 6.45) is 8.43. The minimum atomic E-state index is -1.51. The zero-order valence-corrected chi connectivity index (χ0v) is 31.0. The first-order valence-electron chi connectivity index (χ1n) is 15.0. The maximum atomic E-state index is 10.8. The predicted molar refractivity (Wildman–Crippen MR) is 179 cm³/mol. The molecule has 0 aliphatic heterocycles. The summed E-state index contributed by atoms with van der Waals surface area (Å²) in [6.45, 7) is 20.1. The van der Waals surface area contributed by atoms with Crippen molar-refractivity contribution in [1.82, 2.24) is 0 Å². The Morgan fingerprint density at radius 3 is 1.30 bits per heavy atom. The summed E-state index contributed by atoms with van der Waals surface area (Å²) in [4.78, 5) is 27.6. The van der Waals surface area contributed by atoms with Gasteiger partial charge in [-0.05, 0) is 57.1 Å². The van der Waals surface area contributed by atoms with Crippen LogP contribution in [-0.4, -0.2) is 62.8 Å². The molecule has 0 bridgehead atoms. The van der Waals surface area contributed by atoms with Crippen LogP contribution in [0.4, 0.5) is 0 Å². The van der Waals surface area contributed by atoms with Gasteiger partial charge in [-0.25, -0.2) is 0 Å². The zero-order chi connectivity index (χ0) is 33.1. The van der Waals surface area contributed by atoms with Gasteiger partial charge in [-0.15, -0.1) is 0 Å². The number of aliphatic imine (C=N–C) groups is 2. The Morgan fingerprint density at radius 1 is 0.750 bits per heavy atom.